The molecule has 21 heavy (non-hydrogen) atoms. The topological polar surface area (TPSA) is 87.7 Å². The van der Waals surface area contributed by atoms with Gasteiger partial charge in [0.05, 0.1) is 6.10 Å². The van der Waals surface area contributed by atoms with Gasteiger partial charge >= 0.3 is 12.0 Å². The molecule has 0 saturated heterocycles. The van der Waals surface area contributed by atoms with E-state index in [9.17, 15) is 9.59 Å². The Balaban J connectivity index is 2.09. The van der Waals surface area contributed by atoms with Crippen LogP contribution in [0.15, 0.2) is 0 Å². The van der Waals surface area contributed by atoms with Crippen LogP contribution in [0.2, 0.25) is 0 Å². The van der Waals surface area contributed by atoms with E-state index in [1.165, 1.54) is 0 Å². The largest absolute Gasteiger partial charge is 0.481 e. The van der Waals surface area contributed by atoms with Gasteiger partial charge in [0.2, 0.25) is 0 Å². The lowest BCUT2D eigenvalue weighted by Gasteiger charge is -2.35. The summed E-state index contributed by atoms with van der Waals surface area (Å²) in [4.78, 5) is 22.3. The Morgan fingerprint density at radius 1 is 1.29 bits per heavy atom. The zero-order valence-corrected chi connectivity index (χ0v) is 13.3. The van der Waals surface area contributed by atoms with Gasteiger partial charge in [-0.1, -0.05) is 13.8 Å². The molecule has 0 atom stereocenters. The number of carboxylic acid groups (broad SMARTS) is 1. The maximum Gasteiger partial charge on any atom is 0.315 e. The van der Waals surface area contributed by atoms with Gasteiger partial charge in [-0.25, -0.2) is 4.79 Å². The SMILES string of the molecule is CCOC1CC(NC(=O)NCCC(C)(C)CCC(=O)O)C1. The molecule has 1 fully saturated rings. The van der Waals surface area contributed by atoms with E-state index in [-0.39, 0.29) is 30.0 Å². The Morgan fingerprint density at radius 3 is 2.52 bits per heavy atom. The molecule has 0 aliphatic heterocycles. The number of carboxylic acids is 1. The highest BCUT2D eigenvalue weighted by molar-refractivity contribution is 5.74. The van der Waals surface area contributed by atoms with Crippen molar-refractivity contribution < 1.29 is 19.4 Å². The standard InChI is InChI=1S/C15H28N2O4/c1-4-21-12-9-11(10-12)17-14(20)16-8-7-15(2,3)6-5-13(18)19/h11-12H,4-10H2,1-3H3,(H,18,19)(H2,16,17,20). The molecule has 1 aliphatic rings. The molecule has 1 aliphatic carbocycles. The van der Waals surface area contributed by atoms with Crippen molar-refractivity contribution in [3.63, 3.8) is 0 Å². The number of aliphatic carboxylic acids is 1. The van der Waals surface area contributed by atoms with Crippen molar-refractivity contribution >= 4 is 12.0 Å². The zero-order valence-electron chi connectivity index (χ0n) is 13.3. The van der Waals surface area contributed by atoms with E-state index in [1.807, 2.05) is 20.8 Å². The number of amides is 2. The first kappa shape index (κ1) is 17.8. The van der Waals surface area contributed by atoms with Crippen LogP contribution in [0, 0.1) is 5.41 Å². The predicted molar refractivity (Wildman–Crippen MR) is 80.2 cm³/mol. The molecular weight excluding hydrogens is 272 g/mol. The molecule has 0 spiro atoms. The maximum absolute atomic E-state index is 11.7. The summed E-state index contributed by atoms with van der Waals surface area (Å²) in [5.74, 6) is -0.775. The van der Waals surface area contributed by atoms with Gasteiger partial charge in [0.25, 0.3) is 0 Å². The number of ether oxygens (including phenoxy) is 1. The van der Waals surface area contributed by atoms with Crippen molar-refractivity contribution in [1.29, 1.82) is 0 Å². The molecule has 0 aromatic heterocycles. The first-order valence-electron chi connectivity index (χ1n) is 7.70. The summed E-state index contributed by atoms with van der Waals surface area (Å²) in [7, 11) is 0. The molecule has 3 N–H and O–H groups in total. The minimum atomic E-state index is -0.775. The molecule has 2 amide bonds. The number of hydrogen-bond donors (Lipinski definition) is 3. The van der Waals surface area contributed by atoms with Gasteiger partial charge < -0.3 is 20.5 Å². The van der Waals surface area contributed by atoms with Crippen LogP contribution in [0.4, 0.5) is 4.79 Å². The Bertz CT molecular complexity index is 352. The average Bonchev–Trinajstić information content (AvgIpc) is 2.34. The van der Waals surface area contributed by atoms with Crippen molar-refractivity contribution in [3.8, 4) is 0 Å². The third kappa shape index (κ3) is 7.32. The zero-order chi connectivity index (χ0) is 15.9. The Morgan fingerprint density at radius 2 is 1.95 bits per heavy atom. The first-order valence-corrected chi connectivity index (χ1v) is 7.70. The molecule has 1 rings (SSSR count). The Labute approximate surface area is 126 Å². The minimum Gasteiger partial charge on any atom is -0.481 e. The van der Waals surface area contributed by atoms with Crippen molar-refractivity contribution in [2.75, 3.05) is 13.2 Å². The highest BCUT2D eigenvalue weighted by Crippen LogP contribution is 2.26. The van der Waals surface area contributed by atoms with Gasteiger partial charge in [0.15, 0.2) is 0 Å². The summed E-state index contributed by atoms with van der Waals surface area (Å²) in [6, 6.07) is 0.0607. The molecule has 0 radical (unpaired) electrons. The quantitative estimate of drug-likeness (QED) is 0.609. The van der Waals surface area contributed by atoms with Crippen molar-refractivity contribution in [2.45, 2.75) is 65.0 Å². The lowest BCUT2D eigenvalue weighted by molar-refractivity contribution is -0.137. The minimum absolute atomic E-state index is 0.0811. The van der Waals surface area contributed by atoms with Crippen LogP contribution in [0.3, 0.4) is 0 Å². The smallest absolute Gasteiger partial charge is 0.315 e. The number of carbonyl (C=O) groups is 2. The lowest BCUT2D eigenvalue weighted by atomic mass is 9.84. The summed E-state index contributed by atoms with van der Waals surface area (Å²) in [6.07, 6.45) is 3.59. The van der Waals surface area contributed by atoms with Crippen LogP contribution in [-0.4, -0.2) is 42.4 Å². The van der Waals surface area contributed by atoms with Gasteiger partial charge in [-0.15, -0.1) is 0 Å². The van der Waals surface area contributed by atoms with Gasteiger partial charge in [-0.2, -0.15) is 0 Å². The Hall–Kier alpha value is -1.30. The Kier molecular flexibility index (Phi) is 6.95. The van der Waals surface area contributed by atoms with E-state index in [2.05, 4.69) is 10.6 Å². The summed E-state index contributed by atoms with van der Waals surface area (Å²) < 4.78 is 5.44. The third-order valence-corrected chi connectivity index (χ3v) is 3.94. The summed E-state index contributed by atoms with van der Waals surface area (Å²) in [5.41, 5.74) is -0.0811. The number of urea groups is 1. The molecule has 122 valence electrons. The number of carbonyl (C=O) groups excluding carboxylic acids is 1. The molecule has 6 nitrogen and oxygen atoms in total. The molecule has 0 unspecified atom stereocenters. The van der Waals surface area contributed by atoms with E-state index in [0.29, 0.717) is 13.0 Å². The van der Waals surface area contributed by atoms with E-state index in [1.54, 1.807) is 0 Å². The molecule has 6 heteroatoms. The van der Waals surface area contributed by atoms with E-state index in [0.717, 1.165) is 25.9 Å². The van der Waals surface area contributed by atoms with E-state index >= 15 is 0 Å². The second kappa shape index (κ2) is 8.22. The average molecular weight is 300 g/mol. The first-order chi connectivity index (χ1) is 9.82. The molecule has 0 bridgehead atoms. The summed E-state index contributed by atoms with van der Waals surface area (Å²) in [6.45, 7) is 7.29. The summed E-state index contributed by atoms with van der Waals surface area (Å²) in [5, 5.41) is 14.4. The van der Waals surface area contributed by atoms with Crippen LogP contribution in [-0.2, 0) is 9.53 Å². The lowest BCUT2D eigenvalue weighted by Crippen LogP contribution is -2.51. The van der Waals surface area contributed by atoms with Gasteiger partial charge in [-0.3, -0.25) is 4.79 Å². The predicted octanol–water partition coefficient (Wildman–Crippen LogP) is 2.13. The van der Waals surface area contributed by atoms with E-state index in [4.69, 9.17) is 9.84 Å². The van der Waals surface area contributed by atoms with Crippen LogP contribution in [0.1, 0.15) is 52.9 Å². The summed E-state index contributed by atoms with van der Waals surface area (Å²) >= 11 is 0. The highest BCUT2D eigenvalue weighted by Gasteiger charge is 2.30. The van der Waals surface area contributed by atoms with Crippen LogP contribution in [0.5, 0.6) is 0 Å². The fourth-order valence-corrected chi connectivity index (χ4v) is 2.38. The molecule has 0 heterocycles. The number of rotatable bonds is 9. The highest BCUT2D eigenvalue weighted by atomic mass is 16.5. The molecule has 0 aromatic carbocycles. The monoisotopic (exact) mass is 300 g/mol. The van der Waals surface area contributed by atoms with Crippen molar-refractivity contribution in [1.82, 2.24) is 10.6 Å². The number of nitrogens with one attached hydrogen (secondary N) is 2. The fourth-order valence-electron chi connectivity index (χ4n) is 2.38. The van der Waals surface area contributed by atoms with Crippen LogP contribution in [0.25, 0.3) is 0 Å². The molecule has 0 aromatic rings. The van der Waals surface area contributed by atoms with Gasteiger partial charge in [-0.05, 0) is 38.0 Å². The van der Waals surface area contributed by atoms with Crippen molar-refractivity contribution in [3.05, 3.63) is 0 Å². The second-order valence-electron chi connectivity index (χ2n) is 6.45. The number of hydrogen-bond acceptors (Lipinski definition) is 3. The molecule has 1 saturated carbocycles. The normalized spacial score (nSPS) is 21.5. The van der Waals surface area contributed by atoms with Gasteiger partial charge in [0, 0.05) is 25.6 Å². The van der Waals surface area contributed by atoms with Crippen LogP contribution < -0.4 is 10.6 Å². The van der Waals surface area contributed by atoms with E-state index < -0.39 is 5.97 Å². The van der Waals surface area contributed by atoms with Crippen LogP contribution >= 0.6 is 0 Å². The van der Waals surface area contributed by atoms with Gasteiger partial charge in [0.1, 0.15) is 0 Å². The second-order valence-corrected chi connectivity index (χ2v) is 6.45. The molecular formula is C15H28N2O4. The third-order valence-electron chi connectivity index (χ3n) is 3.94. The fraction of sp³-hybridized carbons (Fsp3) is 0.867. The van der Waals surface area contributed by atoms with Crippen molar-refractivity contribution in [2.24, 2.45) is 5.41 Å². The maximum atomic E-state index is 11.7.